The van der Waals surface area contributed by atoms with Crippen molar-refractivity contribution in [2.24, 2.45) is 0 Å². The fourth-order valence-electron chi connectivity index (χ4n) is 1.04. The SMILES string of the molecule is [CH2]c1nc2cc(Cl)ccc2nc1Cl. The van der Waals surface area contributed by atoms with E-state index < -0.39 is 0 Å². The van der Waals surface area contributed by atoms with Gasteiger partial charge in [-0.15, -0.1) is 0 Å². The maximum absolute atomic E-state index is 5.79. The first-order valence-electron chi connectivity index (χ1n) is 3.61. The second-order valence-corrected chi connectivity index (χ2v) is 3.39. The molecule has 0 saturated heterocycles. The van der Waals surface area contributed by atoms with E-state index in [4.69, 9.17) is 23.2 Å². The molecule has 0 aliphatic heterocycles. The molecule has 0 fully saturated rings. The minimum absolute atomic E-state index is 0.329. The number of rotatable bonds is 0. The third kappa shape index (κ3) is 1.60. The molecule has 1 aromatic carbocycles. The number of aromatic nitrogens is 2. The van der Waals surface area contributed by atoms with Crippen LogP contribution in [0.3, 0.4) is 0 Å². The number of benzene rings is 1. The second kappa shape index (κ2) is 3.13. The maximum Gasteiger partial charge on any atom is 0.151 e. The molecule has 1 radical (unpaired) electrons. The fourth-order valence-corrected chi connectivity index (χ4v) is 1.34. The molecule has 0 aliphatic rings. The van der Waals surface area contributed by atoms with Crippen LogP contribution in [-0.2, 0) is 0 Å². The molecule has 2 rings (SSSR count). The highest BCUT2D eigenvalue weighted by Gasteiger charge is 2.02. The van der Waals surface area contributed by atoms with Crippen molar-refractivity contribution in [2.75, 3.05) is 0 Å². The van der Waals surface area contributed by atoms with Crippen molar-refractivity contribution in [3.63, 3.8) is 0 Å². The predicted octanol–water partition coefficient (Wildman–Crippen LogP) is 3.12. The largest absolute Gasteiger partial charge is 0.248 e. The fraction of sp³-hybridized carbons (Fsp3) is 0. The lowest BCUT2D eigenvalue weighted by Crippen LogP contribution is -1.89. The van der Waals surface area contributed by atoms with Crippen LogP contribution in [0.4, 0.5) is 0 Å². The Morgan fingerprint density at radius 1 is 1.08 bits per heavy atom. The number of hydrogen-bond acceptors (Lipinski definition) is 2. The number of nitrogens with zero attached hydrogens (tertiary/aromatic N) is 2. The Kier molecular flexibility index (Phi) is 2.10. The minimum atomic E-state index is 0.329. The molecular formula is C9H5Cl2N2. The van der Waals surface area contributed by atoms with Gasteiger partial charge >= 0.3 is 0 Å². The van der Waals surface area contributed by atoms with E-state index in [0.717, 1.165) is 5.52 Å². The third-order valence-corrected chi connectivity index (χ3v) is 2.19. The van der Waals surface area contributed by atoms with Gasteiger partial charge in [-0.05, 0) is 25.1 Å². The van der Waals surface area contributed by atoms with E-state index in [1.165, 1.54) is 0 Å². The standard InChI is InChI=1S/C9H5Cl2N2/c1-5-9(11)13-7-3-2-6(10)4-8(7)12-5/h2-4H,1H2. The van der Waals surface area contributed by atoms with Crippen LogP contribution >= 0.6 is 23.2 Å². The first kappa shape index (κ1) is 8.73. The molecule has 0 saturated carbocycles. The van der Waals surface area contributed by atoms with Gasteiger partial charge in [-0.1, -0.05) is 23.2 Å². The second-order valence-electron chi connectivity index (χ2n) is 2.59. The summed E-state index contributed by atoms with van der Waals surface area (Å²) in [5.74, 6) is 0. The van der Waals surface area contributed by atoms with Gasteiger partial charge in [-0.3, -0.25) is 0 Å². The first-order valence-corrected chi connectivity index (χ1v) is 4.37. The molecule has 0 N–H and O–H groups in total. The molecular weight excluding hydrogens is 207 g/mol. The summed E-state index contributed by atoms with van der Waals surface area (Å²) in [5.41, 5.74) is 1.90. The summed E-state index contributed by atoms with van der Waals surface area (Å²) in [4.78, 5) is 8.24. The van der Waals surface area contributed by atoms with Crippen molar-refractivity contribution in [1.82, 2.24) is 9.97 Å². The van der Waals surface area contributed by atoms with Gasteiger partial charge in [0.05, 0.1) is 16.7 Å². The maximum atomic E-state index is 5.79. The first-order chi connectivity index (χ1) is 6.16. The van der Waals surface area contributed by atoms with Gasteiger partial charge in [0, 0.05) is 5.02 Å². The lowest BCUT2D eigenvalue weighted by atomic mass is 10.3. The highest BCUT2D eigenvalue weighted by atomic mass is 35.5. The Morgan fingerprint density at radius 2 is 1.85 bits per heavy atom. The molecule has 1 heterocycles. The van der Waals surface area contributed by atoms with Crippen LogP contribution in [0.5, 0.6) is 0 Å². The van der Waals surface area contributed by atoms with Gasteiger partial charge in [-0.2, -0.15) is 0 Å². The summed E-state index contributed by atoms with van der Waals surface area (Å²) in [6.45, 7) is 3.65. The summed E-state index contributed by atoms with van der Waals surface area (Å²) >= 11 is 11.5. The summed E-state index contributed by atoms with van der Waals surface area (Å²) < 4.78 is 0. The minimum Gasteiger partial charge on any atom is -0.248 e. The molecule has 0 aliphatic carbocycles. The number of hydrogen-bond donors (Lipinski definition) is 0. The Morgan fingerprint density at radius 3 is 2.62 bits per heavy atom. The lowest BCUT2D eigenvalue weighted by molar-refractivity contribution is 1.24. The Hall–Kier alpha value is -0.860. The smallest absolute Gasteiger partial charge is 0.151 e. The van der Waals surface area contributed by atoms with Crippen LogP contribution < -0.4 is 0 Å². The van der Waals surface area contributed by atoms with E-state index >= 15 is 0 Å². The molecule has 0 unspecified atom stereocenters. The van der Waals surface area contributed by atoms with Crippen molar-refractivity contribution in [3.05, 3.63) is 41.0 Å². The van der Waals surface area contributed by atoms with Crippen LogP contribution in [-0.4, -0.2) is 9.97 Å². The molecule has 65 valence electrons. The van der Waals surface area contributed by atoms with Crippen molar-refractivity contribution >= 4 is 34.2 Å². The van der Waals surface area contributed by atoms with E-state index in [9.17, 15) is 0 Å². The van der Waals surface area contributed by atoms with E-state index in [-0.39, 0.29) is 0 Å². The van der Waals surface area contributed by atoms with E-state index in [1.54, 1.807) is 18.2 Å². The number of fused-ring (bicyclic) bond motifs is 1. The Balaban J connectivity index is 2.81. The highest BCUT2D eigenvalue weighted by molar-refractivity contribution is 6.31. The summed E-state index contributed by atoms with van der Waals surface area (Å²) in [7, 11) is 0. The van der Waals surface area contributed by atoms with Crippen molar-refractivity contribution in [1.29, 1.82) is 0 Å². The van der Waals surface area contributed by atoms with Gasteiger partial charge < -0.3 is 0 Å². The van der Waals surface area contributed by atoms with E-state index in [2.05, 4.69) is 16.9 Å². The van der Waals surface area contributed by atoms with E-state index in [1.807, 2.05) is 0 Å². The zero-order valence-electron chi connectivity index (χ0n) is 6.59. The van der Waals surface area contributed by atoms with Gasteiger partial charge in [-0.25, -0.2) is 9.97 Å². The normalized spacial score (nSPS) is 10.7. The zero-order valence-corrected chi connectivity index (χ0v) is 8.10. The van der Waals surface area contributed by atoms with Crippen LogP contribution in [0.1, 0.15) is 5.69 Å². The molecule has 4 heteroatoms. The Bertz CT molecular complexity index is 468. The van der Waals surface area contributed by atoms with Crippen LogP contribution in [0.2, 0.25) is 10.2 Å². The highest BCUT2D eigenvalue weighted by Crippen LogP contribution is 2.19. The molecule has 0 atom stereocenters. The lowest BCUT2D eigenvalue weighted by Gasteiger charge is -2.00. The monoisotopic (exact) mass is 211 g/mol. The molecule has 1 aromatic heterocycles. The van der Waals surface area contributed by atoms with Crippen molar-refractivity contribution in [3.8, 4) is 0 Å². The van der Waals surface area contributed by atoms with Gasteiger partial charge in [0.25, 0.3) is 0 Å². The zero-order chi connectivity index (χ0) is 9.42. The van der Waals surface area contributed by atoms with Crippen LogP contribution in [0.15, 0.2) is 18.2 Å². The van der Waals surface area contributed by atoms with Crippen LogP contribution in [0, 0.1) is 6.92 Å². The Labute approximate surface area is 85.5 Å². The van der Waals surface area contributed by atoms with Crippen molar-refractivity contribution in [2.45, 2.75) is 0 Å². The van der Waals surface area contributed by atoms with Gasteiger partial charge in [0.1, 0.15) is 0 Å². The third-order valence-electron chi connectivity index (χ3n) is 1.65. The molecule has 0 spiro atoms. The summed E-state index contributed by atoms with van der Waals surface area (Å²) in [6, 6.07) is 5.25. The molecule has 2 aromatic rings. The topological polar surface area (TPSA) is 25.8 Å². The average Bonchev–Trinajstić information content (AvgIpc) is 2.08. The van der Waals surface area contributed by atoms with Crippen molar-refractivity contribution < 1.29 is 0 Å². The molecule has 0 amide bonds. The summed E-state index contributed by atoms with van der Waals surface area (Å²) in [5, 5.41) is 0.957. The summed E-state index contributed by atoms with van der Waals surface area (Å²) in [6.07, 6.45) is 0. The quantitative estimate of drug-likeness (QED) is 0.670. The predicted molar refractivity (Wildman–Crippen MR) is 54.0 cm³/mol. The van der Waals surface area contributed by atoms with Gasteiger partial charge in [0.2, 0.25) is 0 Å². The van der Waals surface area contributed by atoms with E-state index in [0.29, 0.717) is 21.4 Å². The van der Waals surface area contributed by atoms with Gasteiger partial charge in [0.15, 0.2) is 5.15 Å². The average molecular weight is 212 g/mol. The molecule has 13 heavy (non-hydrogen) atoms. The van der Waals surface area contributed by atoms with Crippen LogP contribution in [0.25, 0.3) is 11.0 Å². The number of halogens is 2. The molecule has 2 nitrogen and oxygen atoms in total. The molecule has 0 bridgehead atoms.